The van der Waals surface area contributed by atoms with Gasteiger partial charge in [-0.25, -0.2) is 18.1 Å². The molecule has 180 valence electrons. The molecule has 0 N–H and O–H groups in total. The highest BCUT2D eigenvalue weighted by molar-refractivity contribution is 9.10. The van der Waals surface area contributed by atoms with E-state index in [4.69, 9.17) is 4.74 Å². The Balaban J connectivity index is 1.66. The molecule has 4 rings (SSSR count). The van der Waals surface area contributed by atoms with Gasteiger partial charge in [-0.15, -0.1) is 0 Å². The van der Waals surface area contributed by atoms with Gasteiger partial charge in [0.1, 0.15) is 6.04 Å². The van der Waals surface area contributed by atoms with E-state index < -0.39 is 33.8 Å². The number of rotatable bonds is 7. The second kappa shape index (κ2) is 9.95. The maximum absolute atomic E-state index is 13.6. The third kappa shape index (κ3) is 4.78. The summed E-state index contributed by atoms with van der Waals surface area (Å²) in [5.41, 5.74) is 0.517. The quantitative estimate of drug-likeness (QED) is 0.385. The summed E-state index contributed by atoms with van der Waals surface area (Å²) in [6.07, 6.45) is 0.814. The molecule has 11 heteroatoms. The Morgan fingerprint density at radius 2 is 1.82 bits per heavy atom. The molecule has 0 spiro atoms. The van der Waals surface area contributed by atoms with Crippen LogP contribution in [0, 0.1) is 0 Å². The largest absolute Gasteiger partial charge is 0.465 e. The van der Waals surface area contributed by atoms with Crippen LogP contribution in [0.5, 0.6) is 0 Å². The van der Waals surface area contributed by atoms with E-state index in [-0.39, 0.29) is 35.2 Å². The van der Waals surface area contributed by atoms with Crippen molar-refractivity contribution < 1.29 is 32.3 Å². The van der Waals surface area contributed by atoms with E-state index in [9.17, 15) is 22.8 Å². The van der Waals surface area contributed by atoms with Crippen LogP contribution in [0.4, 0.5) is 5.69 Å². The Labute approximate surface area is 205 Å². The first kappa shape index (κ1) is 24.5. The monoisotopic (exact) mass is 550 g/mol. The number of carbonyl (C=O) groups is 3. The van der Waals surface area contributed by atoms with Crippen LogP contribution in [0.15, 0.2) is 57.9 Å². The molecule has 2 aromatic rings. The van der Waals surface area contributed by atoms with Crippen molar-refractivity contribution in [2.24, 2.45) is 0 Å². The first-order chi connectivity index (χ1) is 16.2. The van der Waals surface area contributed by atoms with Crippen LogP contribution >= 0.6 is 15.9 Å². The van der Waals surface area contributed by atoms with Crippen molar-refractivity contribution in [3.05, 3.63) is 58.6 Å². The average molecular weight is 551 g/mol. The third-order valence-corrected chi connectivity index (χ3v) is 8.26. The van der Waals surface area contributed by atoms with Gasteiger partial charge in [0.15, 0.2) is 0 Å². The van der Waals surface area contributed by atoms with Crippen molar-refractivity contribution >= 4 is 49.4 Å². The van der Waals surface area contributed by atoms with E-state index >= 15 is 0 Å². The van der Waals surface area contributed by atoms with Crippen molar-refractivity contribution in [2.75, 3.05) is 25.2 Å². The standard InChI is InChI=1S/C23H23BrN2O7S/c1-32-23(29)15-4-8-17(9-5-15)26-21(27)13-20(22(26)28)25(14-18-3-2-12-33-18)34(30,31)19-10-6-16(24)7-11-19/h4-11,18,20H,2-3,12-14H2,1H3. The molecule has 0 aliphatic carbocycles. The molecular weight excluding hydrogens is 528 g/mol. The first-order valence-corrected chi connectivity index (χ1v) is 12.9. The van der Waals surface area contributed by atoms with Gasteiger partial charge in [0.2, 0.25) is 15.9 Å². The second-order valence-corrected chi connectivity index (χ2v) is 10.8. The lowest BCUT2D eigenvalue weighted by Gasteiger charge is -2.29. The summed E-state index contributed by atoms with van der Waals surface area (Å²) in [6.45, 7) is 0.490. The lowest BCUT2D eigenvalue weighted by atomic mass is 10.2. The smallest absolute Gasteiger partial charge is 0.337 e. The molecule has 2 saturated heterocycles. The van der Waals surface area contributed by atoms with Crippen molar-refractivity contribution in [3.8, 4) is 0 Å². The summed E-state index contributed by atoms with van der Waals surface area (Å²) in [7, 11) is -2.85. The number of carbonyl (C=O) groups excluding carboxylic acids is 3. The van der Waals surface area contributed by atoms with Gasteiger partial charge in [0, 0.05) is 17.6 Å². The van der Waals surface area contributed by atoms with E-state index in [1.165, 1.54) is 43.5 Å². The first-order valence-electron chi connectivity index (χ1n) is 10.7. The van der Waals surface area contributed by atoms with Crippen LogP contribution in [0.25, 0.3) is 0 Å². The summed E-state index contributed by atoms with van der Waals surface area (Å²) in [5, 5.41) is 0. The minimum absolute atomic E-state index is 0.0230. The van der Waals surface area contributed by atoms with Crippen LogP contribution in [0.2, 0.25) is 0 Å². The van der Waals surface area contributed by atoms with E-state index in [1.54, 1.807) is 12.1 Å². The molecule has 2 fully saturated rings. The van der Waals surface area contributed by atoms with E-state index in [1.807, 2.05) is 0 Å². The van der Waals surface area contributed by atoms with Gasteiger partial charge in [-0.1, -0.05) is 15.9 Å². The highest BCUT2D eigenvalue weighted by atomic mass is 79.9. The number of imide groups is 1. The van der Waals surface area contributed by atoms with Crippen LogP contribution in [0.1, 0.15) is 29.6 Å². The number of sulfonamides is 1. The maximum Gasteiger partial charge on any atom is 0.337 e. The number of nitrogens with zero attached hydrogens (tertiary/aromatic N) is 2. The topological polar surface area (TPSA) is 110 Å². The molecule has 2 atom stereocenters. The molecular formula is C23H23BrN2O7S. The van der Waals surface area contributed by atoms with E-state index in [2.05, 4.69) is 20.7 Å². The van der Waals surface area contributed by atoms with Crippen LogP contribution < -0.4 is 4.90 Å². The minimum atomic E-state index is -4.10. The number of anilines is 1. The van der Waals surface area contributed by atoms with Crippen LogP contribution in [-0.4, -0.2) is 62.9 Å². The second-order valence-electron chi connectivity index (χ2n) is 7.99. The summed E-state index contributed by atoms with van der Waals surface area (Å²) in [6, 6.07) is 10.7. The summed E-state index contributed by atoms with van der Waals surface area (Å²) in [4.78, 5) is 38.9. The molecule has 9 nitrogen and oxygen atoms in total. The zero-order valence-corrected chi connectivity index (χ0v) is 20.7. The molecule has 2 unspecified atom stereocenters. The van der Waals surface area contributed by atoms with Gasteiger partial charge in [-0.05, 0) is 61.4 Å². The summed E-state index contributed by atoms with van der Waals surface area (Å²) >= 11 is 3.29. The van der Waals surface area contributed by atoms with Gasteiger partial charge in [0.25, 0.3) is 5.91 Å². The number of halogens is 1. The van der Waals surface area contributed by atoms with Gasteiger partial charge in [-0.3, -0.25) is 9.59 Å². The zero-order valence-electron chi connectivity index (χ0n) is 18.3. The van der Waals surface area contributed by atoms with Crippen molar-refractivity contribution in [1.29, 1.82) is 0 Å². The van der Waals surface area contributed by atoms with E-state index in [0.29, 0.717) is 17.5 Å². The Kier molecular flexibility index (Phi) is 7.17. The summed E-state index contributed by atoms with van der Waals surface area (Å²) in [5.74, 6) is -1.72. The molecule has 0 radical (unpaired) electrons. The molecule has 2 aliphatic rings. The van der Waals surface area contributed by atoms with Crippen molar-refractivity contribution in [1.82, 2.24) is 4.31 Å². The van der Waals surface area contributed by atoms with Gasteiger partial charge >= 0.3 is 5.97 Å². The fourth-order valence-corrected chi connectivity index (χ4v) is 5.98. The number of esters is 1. The Morgan fingerprint density at radius 3 is 2.41 bits per heavy atom. The molecule has 2 amide bonds. The molecule has 0 aromatic heterocycles. The predicted molar refractivity (Wildman–Crippen MR) is 126 cm³/mol. The minimum Gasteiger partial charge on any atom is -0.465 e. The maximum atomic E-state index is 13.6. The Hall–Kier alpha value is -2.60. The highest BCUT2D eigenvalue weighted by Gasteiger charge is 2.47. The normalized spacial score (nSPS) is 20.9. The van der Waals surface area contributed by atoms with Gasteiger partial charge < -0.3 is 9.47 Å². The predicted octanol–water partition coefficient (Wildman–Crippen LogP) is 2.74. The molecule has 0 bridgehead atoms. The fraction of sp³-hybridized carbons (Fsp3) is 0.348. The lowest BCUT2D eigenvalue weighted by molar-refractivity contribution is -0.122. The Morgan fingerprint density at radius 1 is 1.15 bits per heavy atom. The molecule has 34 heavy (non-hydrogen) atoms. The number of ether oxygens (including phenoxy) is 2. The molecule has 2 aromatic carbocycles. The number of amides is 2. The molecule has 2 heterocycles. The molecule has 0 saturated carbocycles. The zero-order chi connectivity index (χ0) is 24.5. The van der Waals surface area contributed by atoms with Gasteiger partial charge in [-0.2, -0.15) is 4.31 Å². The number of hydrogen-bond donors (Lipinski definition) is 0. The van der Waals surface area contributed by atoms with Gasteiger partial charge in [0.05, 0.1) is 35.8 Å². The highest BCUT2D eigenvalue weighted by Crippen LogP contribution is 2.31. The van der Waals surface area contributed by atoms with Crippen molar-refractivity contribution in [2.45, 2.75) is 36.3 Å². The van der Waals surface area contributed by atoms with Crippen LogP contribution in [-0.2, 0) is 29.1 Å². The average Bonchev–Trinajstić information content (AvgIpc) is 3.44. The number of methoxy groups -OCH3 is 1. The van der Waals surface area contributed by atoms with Crippen molar-refractivity contribution in [3.63, 3.8) is 0 Å². The Bertz CT molecular complexity index is 1190. The van der Waals surface area contributed by atoms with Crippen LogP contribution in [0.3, 0.4) is 0 Å². The fourth-order valence-electron chi connectivity index (χ4n) is 4.10. The SMILES string of the molecule is COC(=O)c1ccc(N2C(=O)CC(N(CC3CCCO3)S(=O)(=O)c3ccc(Br)cc3)C2=O)cc1. The van der Waals surface area contributed by atoms with E-state index in [0.717, 1.165) is 15.6 Å². The number of benzene rings is 2. The number of hydrogen-bond acceptors (Lipinski definition) is 7. The third-order valence-electron chi connectivity index (χ3n) is 5.84. The summed E-state index contributed by atoms with van der Waals surface area (Å²) < 4.78 is 39.3. The molecule has 2 aliphatic heterocycles. The lowest BCUT2D eigenvalue weighted by Crippen LogP contribution is -2.48.